The number of pyridine rings is 1. The van der Waals surface area contributed by atoms with Crippen LogP contribution in [-0.4, -0.2) is 53.8 Å². The fourth-order valence-corrected chi connectivity index (χ4v) is 2.81. The Bertz CT molecular complexity index is 703. The lowest BCUT2D eigenvalue weighted by atomic mass is 10.2. The molecule has 1 aliphatic heterocycles. The van der Waals surface area contributed by atoms with Gasteiger partial charge >= 0.3 is 0 Å². The topological polar surface area (TPSA) is 74.2 Å². The van der Waals surface area contributed by atoms with Crippen molar-refractivity contribution in [1.82, 2.24) is 20.5 Å². The second kappa shape index (κ2) is 8.23. The van der Waals surface area contributed by atoms with E-state index in [9.17, 15) is 4.79 Å². The van der Waals surface area contributed by atoms with E-state index in [-0.39, 0.29) is 5.91 Å². The van der Waals surface area contributed by atoms with Crippen LogP contribution >= 0.6 is 0 Å². The normalized spacial score (nSPS) is 14.7. The van der Waals surface area contributed by atoms with Crippen LogP contribution in [0.15, 0.2) is 49.3 Å². The van der Waals surface area contributed by atoms with E-state index < -0.39 is 0 Å². The molecule has 0 bridgehead atoms. The lowest BCUT2D eigenvalue weighted by Gasteiger charge is -2.23. The number of nitrogens with one attached hydrogen (secondary N) is 1. The summed E-state index contributed by atoms with van der Waals surface area (Å²) in [6.45, 7) is 7.62. The van der Waals surface area contributed by atoms with Crippen molar-refractivity contribution in [3.05, 3.63) is 54.9 Å². The van der Waals surface area contributed by atoms with E-state index in [1.54, 1.807) is 18.5 Å². The van der Waals surface area contributed by atoms with Gasteiger partial charge in [0.05, 0.1) is 5.56 Å². The molecule has 1 saturated heterocycles. The Balaban J connectivity index is 1.62. The zero-order valence-corrected chi connectivity index (χ0v) is 14.1. The number of rotatable bonds is 5. The highest BCUT2D eigenvalue weighted by atomic mass is 16.1. The van der Waals surface area contributed by atoms with Crippen molar-refractivity contribution in [3.8, 4) is 0 Å². The maximum absolute atomic E-state index is 11.9. The van der Waals surface area contributed by atoms with E-state index in [1.165, 1.54) is 0 Å². The quantitative estimate of drug-likeness (QED) is 0.833. The fraction of sp³-hybridized carbons (Fsp3) is 0.333. The van der Waals surface area contributed by atoms with Crippen molar-refractivity contribution in [2.24, 2.45) is 0 Å². The molecule has 0 spiro atoms. The maximum atomic E-state index is 11.9. The van der Waals surface area contributed by atoms with Crippen LogP contribution in [0, 0.1) is 0 Å². The molecule has 0 unspecified atom stereocenters. The van der Waals surface area contributed by atoms with Crippen LogP contribution in [0.2, 0.25) is 0 Å². The van der Waals surface area contributed by atoms with Gasteiger partial charge in [0.2, 0.25) is 0 Å². The SMILES string of the molecule is C=CCNC(=O)c1ccc(N2CCCN(c3cccnn3)CC2)nc1. The Morgan fingerprint density at radius 2 is 1.96 bits per heavy atom. The van der Waals surface area contributed by atoms with E-state index in [1.807, 2.05) is 24.3 Å². The summed E-state index contributed by atoms with van der Waals surface area (Å²) in [7, 11) is 0. The summed E-state index contributed by atoms with van der Waals surface area (Å²) >= 11 is 0. The van der Waals surface area contributed by atoms with Gasteiger partial charge in [0.1, 0.15) is 5.82 Å². The van der Waals surface area contributed by atoms with E-state index in [2.05, 4.69) is 36.9 Å². The molecule has 0 saturated carbocycles. The van der Waals surface area contributed by atoms with Gasteiger partial charge in [-0.15, -0.1) is 11.7 Å². The lowest BCUT2D eigenvalue weighted by molar-refractivity contribution is 0.0957. The predicted octanol–water partition coefficient (Wildman–Crippen LogP) is 1.50. The second-order valence-electron chi connectivity index (χ2n) is 5.81. The van der Waals surface area contributed by atoms with Crippen LogP contribution < -0.4 is 15.1 Å². The molecule has 0 atom stereocenters. The molecule has 1 amide bonds. The van der Waals surface area contributed by atoms with Crippen molar-refractivity contribution < 1.29 is 4.79 Å². The predicted molar refractivity (Wildman–Crippen MR) is 97.8 cm³/mol. The Morgan fingerprint density at radius 1 is 1.16 bits per heavy atom. The zero-order chi connectivity index (χ0) is 17.5. The van der Waals surface area contributed by atoms with Crippen LogP contribution in [0.1, 0.15) is 16.8 Å². The Labute approximate surface area is 147 Å². The van der Waals surface area contributed by atoms with Crippen molar-refractivity contribution in [1.29, 1.82) is 0 Å². The highest BCUT2D eigenvalue weighted by Crippen LogP contribution is 2.17. The third-order valence-corrected chi connectivity index (χ3v) is 4.12. The van der Waals surface area contributed by atoms with Crippen LogP contribution in [0.4, 0.5) is 11.6 Å². The second-order valence-corrected chi connectivity index (χ2v) is 5.81. The summed E-state index contributed by atoms with van der Waals surface area (Å²) in [5.74, 6) is 1.66. The van der Waals surface area contributed by atoms with Gasteiger partial charge in [0, 0.05) is 45.1 Å². The lowest BCUT2D eigenvalue weighted by Crippen LogP contribution is -2.31. The molecule has 2 aromatic heterocycles. The molecule has 2 aromatic rings. The average molecular weight is 338 g/mol. The molecular weight excluding hydrogens is 316 g/mol. The molecule has 3 heterocycles. The molecule has 7 heteroatoms. The smallest absolute Gasteiger partial charge is 0.253 e. The summed E-state index contributed by atoms with van der Waals surface area (Å²) in [5.41, 5.74) is 0.557. The number of hydrogen-bond donors (Lipinski definition) is 1. The van der Waals surface area contributed by atoms with Gasteiger partial charge in [-0.3, -0.25) is 4.79 Å². The summed E-state index contributed by atoms with van der Waals surface area (Å²) in [4.78, 5) is 20.9. The number of aromatic nitrogens is 3. The first-order valence-corrected chi connectivity index (χ1v) is 8.40. The average Bonchev–Trinajstić information content (AvgIpc) is 2.93. The van der Waals surface area contributed by atoms with Crippen molar-refractivity contribution in [3.63, 3.8) is 0 Å². The van der Waals surface area contributed by atoms with Gasteiger partial charge < -0.3 is 15.1 Å². The first kappa shape index (κ1) is 16.9. The molecule has 7 nitrogen and oxygen atoms in total. The van der Waals surface area contributed by atoms with Crippen molar-refractivity contribution in [2.45, 2.75) is 6.42 Å². The molecule has 0 radical (unpaired) electrons. The summed E-state index contributed by atoms with van der Waals surface area (Å²) in [6, 6.07) is 7.60. The Hall–Kier alpha value is -2.96. The number of amides is 1. The molecule has 25 heavy (non-hydrogen) atoms. The molecular formula is C18H22N6O. The molecule has 1 N–H and O–H groups in total. The van der Waals surface area contributed by atoms with Gasteiger partial charge in [-0.05, 0) is 30.7 Å². The van der Waals surface area contributed by atoms with Gasteiger partial charge in [-0.25, -0.2) is 4.98 Å². The Kier molecular flexibility index (Phi) is 5.56. The standard InChI is InChI=1S/C18H22N6O/c1-2-8-19-18(25)15-6-7-16(20-14-15)23-10-4-11-24(13-12-23)17-5-3-9-21-22-17/h2-3,5-7,9,14H,1,4,8,10-13H2,(H,19,25). The summed E-state index contributed by atoms with van der Waals surface area (Å²) in [6.07, 6.45) is 5.98. The maximum Gasteiger partial charge on any atom is 0.253 e. The first-order chi connectivity index (χ1) is 12.3. The van der Waals surface area contributed by atoms with Crippen LogP contribution in [0.3, 0.4) is 0 Å². The molecule has 1 fully saturated rings. The minimum absolute atomic E-state index is 0.136. The van der Waals surface area contributed by atoms with Gasteiger partial charge in [-0.1, -0.05) is 6.08 Å². The highest BCUT2D eigenvalue weighted by Gasteiger charge is 2.17. The molecule has 3 rings (SSSR count). The van der Waals surface area contributed by atoms with Crippen LogP contribution in [0.5, 0.6) is 0 Å². The monoisotopic (exact) mass is 338 g/mol. The number of carbonyl (C=O) groups excluding carboxylic acids is 1. The third-order valence-electron chi connectivity index (χ3n) is 4.12. The summed E-state index contributed by atoms with van der Waals surface area (Å²) < 4.78 is 0. The number of hydrogen-bond acceptors (Lipinski definition) is 6. The number of nitrogens with zero attached hydrogens (tertiary/aromatic N) is 5. The van der Waals surface area contributed by atoms with E-state index >= 15 is 0 Å². The number of anilines is 2. The molecule has 130 valence electrons. The van der Waals surface area contributed by atoms with Crippen LogP contribution in [-0.2, 0) is 0 Å². The third kappa shape index (κ3) is 4.32. The van der Waals surface area contributed by atoms with E-state index in [4.69, 9.17) is 0 Å². The van der Waals surface area contributed by atoms with Gasteiger partial charge in [0.15, 0.2) is 5.82 Å². The van der Waals surface area contributed by atoms with Crippen LogP contribution in [0.25, 0.3) is 0 Å². The first-order valence-electron chi connectivity index (χ1n) is 8.40. The molecule has 1 aliphatic rings. The van der Waals surface area contributed by atoms with E-state index in [0.717, 1.165) is 44.2 Å². The Morgan fingerprint density at radius 3 is 2.60 bits per heavy atom. The zero-order valence-electron chi connectivity index (χ0n) is 14.1. The summed E-state index contributed by atoms with van der Waals surface area (Å²) in [5, 5.41) is 10.9. The van der Waals surface area contributed by atoms with Crippen molar-refractivity contribution in [2.75, 3.05) is 42.5 Å². The largest absolute Gasteiger partial charge is 0.355 e. The molecule has 0 aliphatic carbocycles. The number of carbonyl (C=O) groups is 1. The molecule has 0 aromatic carbocycles. The van der Waals surface area contributed by atoms with Crippen molar-refractivity contribution >= 4 is 17.5 Å². The van der Waals surface area contributed by atoms with E-state index in [0.29, 0.717) is 12.1 Å². The fourth-order valence-electron chi connectivity index (χ4n) is 2.81. The van der Waals surface area contributed by atoms with Gasteiger partial charge in [0.25, 0.3) is 5.91 Å². The minimum atomic E-state index is -0.136. The minimum Gasteiger partial charge on any atom is -0.355 e. The van der Waals surface area contributed by atoms with Gasteiger partial charge in [-0.2, -0.15) is 5.10 Å². The highest BCUT2D eigenvalue weighted by molar-refractivity contribution is 5.94.